The molecule has 3 rings (SSSR count). The molecule has 0 bridgehead atoms. The summed E-state index contributed by atoms with van der Waals surface area (Å²) in [5, 5.41) is 3.48. The molecule has 5 nitrogen and oxygen atoms in total. The van der Waals surface area contributed by atoms with E-state index in [1.54, 1.807) is 0 Å². The van der Waals surface area contributed by atoms with Crippen LogP contribution in [-0.4, -0.2) is 73.3 Å². The van der Waals surface area contributed by atoms with Gasteiger partial charge in [0, 0.05) is 51.5 Å². The van der Waals surface area contributed by atoms with Gasteiger partial charge >= 0.3 is 0 Å². The first-order chi connectivity index (χ1) is 10.3. The van der Waals surface area contributed by atoms with Gasteiger partial charge in [0.25, 0.3) is 0 Å². The smallest absolute Gasteiger partial charge is 0.0652 e. The number of nitrogens with one attached hydrogen (secondary N) is 1. The first-order valence-electron chi connectivity index (χ1n) is 8.02. The molecule has 2 fully saturated rings. The molecule has 2 aliphatic rings. The Kier molecular flexibility index (Phi) is 5.19. The van der Waals surface area contributed by atoms with Gasteiger partial charge in [0.1, 0.15) is 0 Å². The van der Waals surface area contributed by atoms with E-state index in [2.05, 4.69) is 39.2 Å². The molecule has 2 atom stereocenters. The molecule has 1 aromatic heterocycles. The summed E-state index contributed by atoms with van der Waals surface area (Å²) < 4.78 is 5.47. The largest absolute Gasteiger partial charge is 0.379 e. The number of aromatic nitrogens is 1. The van der Waals surface area contributed by atoms with Crippen LogP contribution in [0.15, 0.2) is 24.4 Å². The minimum Gasteiger partial charge on any atom is -0.379 e. The summed E-state index contributed by atoms with van der Waals surface area (Å²) >= 11 is 0. The Morgan fingerprint density at radius 2 is 2.19 bits per heavy atom. The Hall–Kier alpha value is -1.01. The van der Waals surface area contributed by atoms with E-state index in [0.29, 0.717) is 12.1 Å². The maximum atomic E-state index is 5.47. The van der Waals surface area contributed by atoms with Gasteiger partial charge in [-0.05, 0) is 19.1 Å². The summed E-state index contributed by atoms with van der Waals surface area (Å²) in [5.41, 5.74) is 1.19. The fourth-order valence-corrected chi connectivity index (χ4v) is 3.29. The summed E-state index contributed by atoms with van der Waals surface area (Å²) in [6.07, 6.45) is 1.91. The molecule has 1 N–H and O–H groups in total. The SMILES string of the molecule is CC1CNCCN1C(CN1CCOCC1)c1ccccn1. The molecule has 2 saturated heterocycles. The summed E-state index contributed by atoms with van der Waals surface area (Å²) in [6, 6.07) is 7.19. The zero-order chi connectivity index (χ0) is 14.5. The Labute approximate surface area is 127 Å². The van der Waals surface area contributed by atoms with Crippen LogP contribution in [0.1, 0.15) is 18.7 Å². The highest BCUT2D eigenvalue weighted by Crippen LogP contribution is 2.23. The molecule has 2 aliphatic heterocycles. The number of hydrogen-bond donors (Lipinski definition) is 1. The normalized spacial score (nSPS) is 26.6. The van der Waals surface area contributed by atoms with E-state index in [4.69, 9.17) is 4.74 Å². The minimum atomic E-state index is 0.376. The zero-order valence-electron chi connectivity index (χ0n) is 12.9. The molecule has 3 heterocycles. The number of hydrogen-bond acceptors (Lipinski definition) is 5. The van der Waals surface area contributed by atoms with Crippen molar-refractivity contribution in [1.82, 2.24) is 20.1 Å². The van der Waals surface area contributed by atoms with Gasteiger partial charge in [-0.15, -0.1) is 0 Å². The van der Waals surface area contributed by atoms with E-state index in [0.717, 1.165) is 52.5 Å². The fourth-order valence-electron chi connectivity index (χ4n) is 3.29. The van der Waals surface area contributed by atoms with Crippen LogP contribution in [-0.2, 0) is 4.74 Å². The van der Waals surface area contributed by atoms with Gasteiger partial charge in [-0.25, -0.2) is 0 Å². The molecule has 1 aromatic rings. The van der Waals surface area contributed by atoms with Crippen LogP contribution >= 0.6 is 0 Å². The van der Waals surface area contributed by atoms with E-state index in [9.17, 15) is 0 Å². The molecule has 5 heteroatoms. The maximum Gasteiger partial charge on any atom is 0.0652 e. The van der Waals surface area contributed by atoms with Crippen LogP contribution in [0, 0.1) is 0 Å². The molecule has 116 valence electrons. The average Bonchev–Trinajstić information content (AvgIpc) is 2.55. The van der Waals surface area contributed by atoms with Gasteiger partial charge in [-0.1, -0.05) is 6.07 Å². The lowest BCUT2D eigenvalue weighted by atomic mass is 10.1. The number of rotatable bonds is 4. The lowest BCUT2D eigenvalue weighted by molar-refractivity contribution is 0.0130. The van der Waals surface area contributed by atoms with E-state index in [1.807, 2.05) is 12.3 Å². The number of ether oxygens (including phenoxy) is 1. The second-order valence-corrected chi connectivity index (χ2v) is 5.97. The second-order valence-electron chi connectivity index (χ2n) is 5.97. The third-order valence-corrected chi connectivity index (χ3v) is 4.52. The summed E-state index contributed by atoms with van der Waals surface area (Å²) in [5.74, 6) is 0. The number of morpholine rings is 1. The molecule has 21 heavy (non-hydrogen) atoms. The van der Waals surface area contributed by atoms with Crippen molar-refractivity contribution in [3.8, 4) is 0 Å². The minimum absolute atomic E-state index is 0.376. The zero-order valence-corrected chi connectivity index (χ0v) is 12.9. The summed E-state index contributed by atoms with van der Waals surface area (Å²) in [6.45, 7) is 10.3. The topological polar surface area (TPSA) is 40.6 Å². The van der Waals surface area contributed by atoms with Crippen molar-refractivity contribution in [3.05, 3.63) is 30.1 Å². The maximum absolute atomic E-state index is 5.47. The monoisotopic (exact) mass is 290 g/mol. The fraction of sp³-hybridized carbons (Fsp3) is 0.688. The molecule has 0 amide bonds. The quantitative estimate of drug-likeness (QED) is 0.886. The lowest BCUT2D eigenvalue weighted by Gasteiger charge is -2.42. The highest BCUT2D eigenvalue weighted by molar-refractivity contribution is 5.10. The van der Waals surface area contributed by atoms with Crippen molar-refractivity contribution in [2.45, 2.75) is 19.0 Å². The standard InChI is InChI=1S/C16H26N4O/c1-14-12-17-6-7-20(14)16(15-4-2-3-5-18-15)13-19-8-10-21-11-9-19/h2-5,14,16-17H,6-13H2,1H3. The molecular weight excluding hydrogens is 264 g/mol. The lowest BCUT2D eigenvalue weighted by Crippen LogP contribution is -2.54. The Morgan fingerprint density at radius 3 is 2.90 bits per heavy atom. The third kappa shape index (κ3) is 3.80. The Morgan fingerprint density at radius 1 is 1.33 bits per heavy atom. The molecule has 0 spiro atoms. The van der Waals surface area contributed by atoms with Crippen LogP contribution in [0.5, 0.6) is 0 Å². The molecule has 0 aromatic carbocycles. The van der Waals surface area contributed by atoms with E-state index < -0.39 is 0 Å². The second kappa shape index (κ2) is 7.31. The molecule has 2 unspecified atom stereocenters. The van der Waals surface area contributed by atoms with Crippen LogP contribution in [0.2, 0.25) is 0 Å². The molecular formula is C16H26N4O. The molecule has 0 radical (unpaired) electrons. The predicted molar refractivity (Wildman–Crippen MR) is 83.3 cm³/mol. The van der Waals surface area contributed by atoms with Crippen molar-refractivity contribution in [1.29, 1.82) is 0 Å². The van der Waals surface area contributed by atoms with Gasteiger partial charge in [0.15, 0.2) is 0 Å². The van der Waals surface area contributed by atoms with Gasteiger partial charge < -0.3 is 10.1 Å². The van der Waals surface area contributed by atoms with Crippen LogP contribution in [0.3, 0.4) is 0 Å². The first kappa shape index (κ1) is 14.9. The van der Waals surface area contributed by atoms with Crippen LogP contribution in [0.4, 0.5) is 0 Å². The number of nitrogens with zero attached hydrogens (tertiary/aromatic N) is 3. The van der Waals surface area contributed by atoms with Gasteiger partial charge in [0.2, 0.25) is 0 Å². The van der Waals surface area contributed by atoms with Crippen LogP contribution < -0.4 is 5.32 Å². The van der Waals surface area contributed by atoms with Gasteiger partial charge in [-0.2, -0.15) is 0 Å². The first-order valence-corrected chi connectivity index (χ1v) is 8.02. The van der Waals surface area contributed by atoms with E-state index in [-0.39, 0.29) is 0 Å². The van der Waals surface area contributed by atoms with Crippen LogP contribution in [0.25, 0.3) is 0 Å². The van der Waals surface area contributed by atoms with Gasteiger partial charge in [0.05, 0.1) is 24.9 Å². The van der Waals surface area contributed by atoms with Crippen molar-refractivity contribution in [3.63, 3.8) is 0 Å². The Bertz CT molecular complexity index is 422. The van der Waals surface area contributed by atoms with Crippen molar-refractivity contribution in [2.24, 2.45) is 0 Å². The molecule has 0 aliphatic carbocycles. The van der Waals surface area contributed by atoms with Crippen molar-refractivity contribution < 1.29 is 4.74 Å². The highest BCUT2D eigenvalue weighted by atomic mass is 16.5. The van der Waals surface area contributed by atoms with Gasteiger partial charge in [-0.3, -0.25) is 14.8 Å². The van der Waals surface area contributed by atoms with E-state index in [1.165, 1.54) is 5.69 Å². The van der Waals surface area contributed by atoms with E-state index >= 15 is 0 Å². The van der Waals surface area contributed by atoms with Crippen molar-refractivity contribution >= 4 is 0 Å². The third-order valence-electron chi connectivity index (χ3n) is 4.52. The summed E-state index contributed by atoms with van der Waals surface area (Å²) in [7, 11) is 0. The molecule has 0 saturated carbocycles. The van der Waals surface area contributed by atoms with Crippen molar-refractivity contribution in [2.75, 3.05) is 52.5 Å². The Balaban J connectivity index is 1.76. The number of pyridine rings is 1. The highest BCUT2D eigenvalue weighted by Gasteiger charge is 2.29. The average molecular weight is 290 g/mol. The predicted octanol–water partition coefficient (Wildman–Crippen LogP) is 0.749. The summed E-state index contributed by atoms with van der Waals surface area (Å²) in [4.78, 5) is 9.75. The number of piperazine rings is 1.